The number of hydrogen-bond acceptors (Lipinski definition) is 2. The molecule has 1 saturated carbocycles. The highest BCUT2D eigenvalue weighted by Gasteiger charge is 2.18. The van der Waals surface area contributed by atoms with Gasteiger partial charge in [-0.25, -0.2) is 0 Å². The number of carbonyl (C=O) groups excluding carboxylic acids is 1. The summed E-state index contributed by atoms with van der Waals surface area (Å²) in [7, 11) is 0. The first-order valence-corrected chi connectivity index (χ1v) is 6.83. The molecular formula is C15H22N2O. The van der Waals surface area contributed by atoms with Crippen LogP contribution >= 0.6 is 0 Å². The van der Waals surface area contributed by atoms with Crippen LogP contribution in [0.3, 0.4) is 0 Å². The zero-order valence-electron chi connectivity index (χ0n) is 10.8. The van der Waals surface area contributed by atoms with Gasteiger partial charge in [-0.1, -0.05) is 49.6 Å². The normalized spacial score (nSPS) is 16.9. The first-order chi connectivity index (χ1) is 8.75. The number of carbonyl (C=O) groups is 1. The number of rotatable bonds is 6. The maximum atomic E-state index is 11.7. The van der Waals surface area contributed by atoms with Gasteiger partial charge >= 0.3 is 0 Å². The van der Waals surface area contributed by atoms with Crippen LogP contribution in [0.5, 0.6) is 0 Å². The highest BCUT2D eigenvalue weighted by atomic mass is 16.1. The van der Waals surface area contributed by atoms with Gasteiger partial charge in [-0.05, 0) is 17.9 Å². The third-order valence-corrected chi connectivity index (χ3v) is 3.75. The Balaban J connectivity index is 1.65. The molecule has 0 saturated heterocycles. The summed E-state index contributed by atoms with van der Waals surface area (Å²) in [6, 6.07) is 9.77. The Morgan fingerprint density at radius 2 is 2.06 bits per heavy atom. The topological polar surface area (TPSA) is 55.1 Å². The average molecular weight is 246 g/mol. The molecule has 3 N–H and O–H groups in total. The summed E-state index contributed by atoms with van der Waals surface area (Å²) in [5, 5.41) is 2.92. The van der Waals surface area contributed by atoms with Crippen molar-refractivity contribution in [1.29, 1.82) is 0 Å². The summed E-state index contributed by atoms with van der Waals surface area (Å²) in [5.74, 6) is 0.923. The van der Waals surface area contributed by atoms with Crippen molar-refractivity contribution in [2.75, 3.05) is 6.54 Å². The molecule has 0 aromatic heterocycles. The van der Waals surface area contributed by atoms with Gasteiger partial charge in [0, 0.05) is 19.0 Å². The molecule has 1 unspecified atom stereocenters. The van der Waals surface area contributed by atoms with E-state index in [0.717, 1.165) is 17.9 Å². The molecule has 18 heavy (non-hydrogen) atoms. The van der Waals surface area contributed by atoms with Gasteiger partial charge in [-0.3, -0.25) is 4.79 Å². The Hall–Kier alpha value is -1.35. The van der Waals surface area contributed by atoms with Crippen molar-refractivity contribution in [3.8, 4) is 0 Å². The number of nitrogens with one attached hydrogen (secondary N) is 1. The zero-order valence-corrected chi connectivity index (χ0v) is 10.8. The summed E-state index contributed by atoms with van der Waals surface area (Å²) >= 11 is 0. The van der Waals surface area contributed by atoms with E-state index in [1.54, 1.807) is 0 Å². The number of nitrogens with two attached hydrogens (primary N) is 1. The minimum Gasteiger partial charge on any atom is -0.354 e. The Morgan fingerprint density at radius 3 is 2.67 bits per heavy atom. The van der Waals surface area contributed by atoms with Crippen molar-refractivity contribution in [3.63, 3.8) is 0 Å². The standard InChI is InChI=1S/C15H22N2O/c16-14(13-7-2-1-3-8-13)11-17-15(18)10-9-12-5-4-6-12/h1-3,7-8,12,14H,4-6,9-11,16H2,(H,17,18). The number of amides is 1. The minimum absolute atomic E-state index is 0.112. The molecule has 1 aromatic rings. The zero-order chi connectivity index (χ0) is 12.8. The van der Waals surface area contributed by atoms with Gasteiger partial charge in [0.25, 0.3) is 0 Å². The lowest BCUT2D eigenvalue weighted by Gasteiger charge is -2.24. The van der Waals surface area contributed by atoms with E-state index in [-0.39, 0.29) is 11.9 Å². The van der Waals surface area contributed by atoms with Crippen LogP contribution in [-0.2, 0) is 4.79 Å². The number of hydrogen-bond donors (Lipinski definition) is 2. The van der Waals surface area contributed by atoms with Crippen LogP contribution in [0.4, 0.5) is 0 Å². The molecule has 1 aliphatic carbocycles. The van der Waals surface area contributed by atoms with E-state index >= 15 is 0 Å². The highest BCUT2D eigenvalue weighted by Crippen LogP contribution is 2.30. The molecule has 0 heterocycles. The third-order valence-electron chi connectivity index (χ3n) is 3.75. The van der Waals surface area contributed by atoms with E-state index in [0.29, 0.717) is 13.0 Å². The van der Waals surface area contributed by atoms with Crippen LogP contribution in [-0.4, -0.2) is 12.5 Å². The summed E-state index contributed by atoms with van der Waals surface area (Å²) in [4.78, 5) is 11.7. The molecule has 1 atom stereocenters. The van der Waals surface area contributed by atoms with E-state index < -0.39 is 0 Å². The first-order valence-electron chi connectivity index (χ1n) is 6.83. The summed E-state index contributed by atoms with van der Waals surface area (Å²) < 4.78 is 0. The van der Waals surface area contributed by atoms with Crippen LogP contribution in [0.25, 0.3) is 0 Å². The van der Waals surface area contributed by atoms with Crippen LogP contribution in [0, 0.1) is 5.92 Å². The summed E-state index contributed by atoms with van der Waals surface area (Å²) in [6.45, 7) is 0.521. The molecule has 3 heteroatoms. The Kier molecular flexibility index (Phi) is 4.76. The molecule has 1 amide bonds. The molecule has 98 valence electrons. The SMILES string of the molecule is NC(CNC(=O)CCC1CCC1)c1ccccc1. The van der Waals surface area contributed by atoms with Crippen molar-refractivity contribution in [2.45, 2.75) is 38.1 Å². The molecule has 0 bridgehead atoms. The van der Waals surface area contributed by atoms with E-state index in [1.165, 1.54) is 19.3 Å². The van der Waals surface area contributed by atoms with E-state index in [1.807, 2.05) is 30.3 Å². The fourth-order valence-electron chi connectivity index (χ4n) is 2.25. The fourth-order valence-corrected chi connectivity index (χ4v) is 2.25. The van der Waals surface area contributed by atoms with Crippen LogP contribution < -0.4 is 11.1 Å². The highest BCUT2D eigenvalue weighted by molar-refractivity contribution is 5.75. The second-order valence-corrected chi connectivity index (χ2v) is 5.16. The van der Waals surface area contributed by atoms with Gasteiger partial charge in [-0.15, -0.1) is 0 Å². The van der Waals surface area contributed by atoms with Gasteiger partial charge in [-0.2, -0.15) is 0 Å². The molecule has 1 aliphatic rings. The Morgan fingerprint density at radius 1 is 1.33 bits per heavy atom. The fraction of sp³-hybridized carbons (Fsp3) is 0.533. The predicted molar refractivity (Wildman–Crippen MR) is 73.0 cm³/mol. The van der Waals surface area contributed by atoms with Crippen molar-refractivity contribution < 1.29 is 4.79 Å². The quantitative estimate of drug-likeness (QED) is 0.809. The molecule has 2 rings (SSSR count). The molecule has 3 nitrogen and oxygen atoms in total. The third kappa shape index (κ3) is 3.84. The molecule has 0 spiro atoms. The molecular weight excluding hydrogens is 224 g/mol. The molecule has 0 aliphatic heterocycles. The van der Waals surface area contributed by atoms with E-state index in [2.05, 4.69) is 5.32 Å². The maximum absolute atomic E-state index is 11.7. The van der Waals surface area contributed by atoms with Crippen molar-refractivity contribution >= 4 is 5.91 Å². The van der Waals surface area contributed by atoms with Gasteiger partial charge in [0.1, 0.15) is 0 Å². The van der Waals surface area contributed by atoms with E-state index in [4.69, 9.17) is 5.73 Å². The lowest BCUT2D eigenvalue weighted by atomic mass is 9.82. The Bertz CT molecular complexity index is 373. The minimum atomic E-state index is -0.112. The second kappa shape index (κ2) is 6.55. The van der Waals surface area contributed by atoms with Gasteiger partial charge < -0.3 is 11.1 Å². The average Bonchev–Trinajstić information content (AvgIpc) is 2.35. The number of benzene rings is 1. The first kappa shape index (κ1) is 13.1. The lowest BCUT2D eigenvalue weighted by Crippen LogP contribution is -2.32. The largest absolute Gasteiger partial charge is 0.354 e. The molecule has 1 aromatic carbocycles. The van der Waals surface area contributed by atoms with Crippen LogP contribution in [0.15, 0.2) is 30.3 Å². The van der Waals surface area contributed by atoms with Crippen LogP contribution in [0.2, 0.25) is 0 Å². The monoisotopic (exact) mass is 246 g/mol. The summed E-state index contributed by atoms with van der Waals surface area (Å²) in [5.41, 5.74) is 7.09. The predicted octanol–water partition coefficient (Wildman–Crippen LogP) is 2.38. The molecule has 0 radical (unpaired) electrons. The van der Waals surface area contributed by atoms with Crippen molar-refractivity contribution in [3.05, 3.63) is 35.9 Å². The van der Waals surface area contributed by atoms with Crippen molar-refractivity contribution in [1.82, 2.24) is 5.32 Å². The van der Waals surface area contributed by atoms with Crippen LogP contribution in [0.1, 0.15) is 43.7 Å². The lowest BCUT2D eigenvalue weighted by molar-refractivity contribution is -0.121. The summed E-state index contributed by atoms with van der Waals surface area (Å²) in [6.07, 6.45) is 5.62. The smallest absolute Gasteiger partial charge is 0.220 e. The van der Waals surface area contributed by atoms with Gasteiger partial charge in [0.15, 0.2) is 0 Å². The second-order valence-electron chi connectivity index (χ2n) is 5.16. The van der Waals surface area contributed by atoms with Gasteiger partial charge in [0.2, 0.25) is 5.91 Å². The van der Waals surface area contributed by atoms with Crippen molar-refractivity contribution in [2.24, 2.45) is 11.7 Å². The Labute approximate surface area is 109 Å². The molecule has 1 fully saturated rings. The maximum Gasteiger partial charge on any atom is 0.220 e. The van der Waals surface area contributed by atoms with E-state index in [9.17, 15) is 4.79 Å². The van der Waals surface area contributed by atoms with Gasteiger partial charge in [0.05, 0.1) is 0 Å².